The lowest BCUT2D eigenvalue weighted by atomic mass is 9.92. The summed E-state index contributed by atoms with van der Waals surface area (Å²) in [5, 5.41) is 5.36. The number of hydrogen-bond donors (Lipinski definition) is 2. The van der Waals surface area contributed by atoms with E-state index < -0.39 is 6.09 Å². The number of alkyl carbamates (subject to hydrolysis) is 1. The number of carbonyl (C=O) groups excluding carboxylic acids is 2. The molecule has 0 aromatic heterocycles. The third kappa shape index (κ3) is 5.06. The van der Waals surface area contributed by atoms with Crippen LogP contribution in [0.4, 0.5) is 10.5 Å². The molecule has 0 aliphatic rings. The Bertz CT molecular complexity index is 498. The Balaban J connectivity index is 2.86. The lowest BCUT2D eigenvalue weighted by molar-refractivity contribution is -0.115. The minimum absolute atomic E-state index is 0.108. The normalized spacial score (nSPS) is 10.7. The molecule has 0 fully saturated rings. The van der Waals surface area contributed by atoms with Crippen molar-refractivity contribution < 1.29 is 14.3 Å². The van der Waals surface area contributed by atoms with Crippen molar-refractivity contribution in [2.45, 2.75) is 46.5 Å². The van der Waals surface area contributed by atoms with E-state index in [-0.39, 0.29) is 19.1 Å². The monoisotopic (exact) mass is 306 g/mol. The smallest absolute Gasteiger partial charge is 0.407 e. The lowest BCUT2D eigenvalue weighted by Crippen LogP contribution is -2.33. The third-order valence-corrected chi connectivity index (χ3v) is 3.31. The molecule has 1 aromatic carbocycles. The quantitative estimate of drug-likeness (QED) is 0.843. The Morgan fingerprint density at radius 2 is 1.64 bits per heavy atom. The van der Waals surface area contributed by atoms with Gasteiger partial charge in [-0.05, 0) is 29.9 Å². The van der Waals surface area contributed by atoms with Gasteiger partial charge in [0.15, 0.2) is 0 Å². The Hall–Kier alpha value is -2.04. The van der Waals surface area contributed by atoms with Crippen LogP contribution < -0.4 is 10.6 Å². The average Bonchev–Trinajstić information content (AvgIpc) is 2.45. The number of nitrogens with one attached hydrogen (secondary N) is 2. The van der Waals surface area contributed by atoms with E-state index in [0.717, 1.165) is 16.8 Å². The van der Waals surface area contributed by atoms with Crippen molar-refractivity contribution in [1.82, 2.24) is 5.32 Å². The first-order valence-corrected chi connectivity index (χ1v) is 7.70. The topological polar surface area (TPSA) is 67.4 Å². The van der Waals surface area contributed by atoms with Crippen LogP contribution in [-0.4, -0.2) is 25.2 Å². The van der Waals surface area contributed by atoms with Gasteiger partial charge in [-0.3, -0.25) is 4.79 Å². The van der Waals surface area contributed by atoms with Gasteiger partial charge in [0.1, 0.15) is 6.54 Å². The average molecular weight is 306 g/mol. The molecule has 122 valence electrons. The number of anilines is 1. The third-order valence-electron chi connectivity index (χ3n) is 3.31. The number of benzene rings is 1. The SMILES string of the molecule is CCOC(=O)NCC(=O)Nc1c(C(C)C)cccc1C(C)C. The van der Waals surface area contributed by atoms with Gasteiger partial charge in [-0.15, -0.1) is 0 Å². The number of para-hydroxylation sites is 1. The second kappa shape index (κ2) is 8.41. The molecule has 0 unspecified atom stereocenters. The van der Waals surface area contributed by atoms with Gasteiger partial charge in [-0.2, -0.15) is 0 Å². The molecular weight excluding hydrogens is 280 g/mol. The maximum absolute atomic E-state index is 12.1. The largest absolute Gasteiger partial charge is 0.450 e. The molecule has 0 aliphatic heterocycles. The summed E-state index contributed by atoms with van der Waals surface area (Å²) in [6.07, 6.45) is -0.584. The molecule has 5 nitrogen and oxygen atoms in total. The molecule has 0 saturated carbocycles. The van der Waals surface area contributed by atoms with E-state index in [1.807, 2.05) is 18.2 Å². The van der Waals surface area contributed by atoms with Gasteiger partial charge in [-0.25, -0.2) is 4.79 Å². The second-order valence-corrected chi connectivity index (χ2v) is 5.74. The van der Waals surface area contributed by atoms with E-state index in [2.05, 4.69) is 38.3 Å². The molecule has 0 radical (unpaired) electrons. The van der Waals surface area contributed by atoms with E-state index in [0.29, 0.717) is 11.8 Å². The highest BCUT2D eigenvalue weighted by Gasteiger charge is 2.16. The van der Waals surface area contributed by atoms with Gasteiger partial charge in [0, 0.05) is 5.69 Å². The van der Waals surface area contributed by atoms with Gasteiger partial charge in [0.05, 0.1) is 6.61 Å². The predicted molar refractivity (Wildman–Crippen MR) is 88.3 cm³/mol. The van der Waals surface area contributed by atoms with Crippen LogP contribution in [-0.2, 0) is 9.53 Å². The van der Waals surface area contributed by atoms with Crippen molar-refractivity contribution in [3.8, 4) is 0 Å². The van der Waals surface area contributed by atoms with Crippen LogP contribution in [0.5, 0.6) is 0 Å². The van der Waals surface area contributed by atoms with Crippen LogP contribution in [0.3, 0.4) is 0 Å². The van der Waals surface area contributed by atoms with Crippen LogP contribution >= 0.6 is 0 Å². The van der Waals surface area contributed by atoms with Crippen LogP contribution in [0.1, 0.15) is 57.6 Å². The molecule has 0 aliphatic carbocycles. The first-order chi connectivity index (χ1) is 10.4. The number of ether oxygens (including phenoxy) is 1. The van der Waals surface area contributed by atoms with Crippen molar-refractivity contribution >= 4 is 17.7 Å². The molecule has 1 aromatic rings. The van der Waals surface area contributed by atoms with E-state index in [1.165, 1.54) is 0 Å². The molecule has 0 bridgehead atoms. The summed E-state index contributed by atoms with van der Waals surface area (Å²) in [4.78, 5) is 23.3. The van der Waals surface area contributed by atoms with Gasteiger partial charge in [0.25, 0.3) is 0 Å². The fourth-order valence-corrected chi connectivity index (χ4v) is 2.21. The predicted octanol–water partition coefficient (Wildman–Crippen LogP) is 3.62. The zero-order valence-corrected chi connectivity index (χ0v) is 14.0. The molecule has 0 atom stereocenters. The highest BCUT2D eigenvalue weighted by atomic mass is 16.5. The lowest BCUT2D eigenvalue weighted by Gasteiger charge is -2.20. The fraction of sp³-hybridized carbons (Fsp3) is 0.529. The van der Waals surface area contributed by atoms with Crippen LogP contribution in [0.2, 0.25) is 0 Å². The van der Waals surface area contributed by atoms with E-state index in [9.17, 15) is 9.59 Å². The Morgan fingerprint density at radius 3 is 2.09 bits per heavy atom. The van der Waals surface area contributed by atoms with Crippen molar-refractivity contribution in [2.75, 3.05) is 18.5 Å². The number of rotatable bonds is 6. The molecule has 22 heavy (non-hydrogen) atoms. The first-order valence-electron chi connectivity index (χ1n) is 7.70. The zero-order valence-electron chi connectivity index (χ0n) is 14.0. The van der Waals surface area contributed by atoms with Crippen molar-refractivity contribution in [3.05, 3.63) is 29.3 Å². The molecule has 5 heteroatoms. The number of amides is 2. The highest BCUT2D eigenvalue weighted by molar-refractivity contribution is 5.95. The van der Waals surface area contributed by atoms with Crippen molar-refractivity contribution in [1.29, 1.82) is 0 Å². The molecule has 0 spiro atoms. The van der Waals surface area contributed by atoms with Crippen molar-refractivity contribution in [3.63, 3.8) is 0 Å². The Labute approximate surface area is 132 Å². The highest BCUT2D eigenvalue weighted by Crippen LogP contribution is 2.32. The number of carbonyl (C=O) groups is 2. The van der Waals surface area contributed by atoms with E-state index in [1.54, 1.807) is 6.92 Å². The second-order valence-electron chi connectivity index (χ2n) is 5.74. The summed E-state index contributed by atoms with van der Waals surface area (Å²) >= 11 is 0. The van der Waals surface area contributed by atoms with E-state index >= 15 is 0 Å². The van der Waals surface area contributed by atoms with Gasteiger partial charge in [-0.1, -0.05) is 45.9 Å². The Morgan fingerprint density at radius 1 is 1.09 bits per heavy atom. The van der Waals surface area contributed by atoms with Crippen LogP contribution in [0, 0.1) is 0 Å². The zero-order chi connectivity index (χ0) is 16.7. The summed E-state index contributed by atoms with van der Waals surface area (Å²) < 4.78 is 4.74. The maximum Gasteiger partial charge on any atom is 0.407 e. The number of hydrogen-bond acceptors (Lipinski definition) is 3. The molecule has 2 N–H and O–H groups in total. The summed E-state index contributed by atoms with van der Waals surface area (Å²) in [6, 6.07) is 6.05. The summed E-state index contributed by atoms with van der Waals surface area (Å²) in [5.74, 6) is 0.335. The molecular formula is C17H26N2O3. The van der Waals surface area contributed by atoms with Crippen molar-refractivity contribution in [2.24, 2.45) is 0 Å². The van der Waals surface area contributed by atoms with Gasteiger partial charge < -0.3 is 15.4 Å². The summed E-state index contributed by atoms with van der Waals surface area (Å²) in [7, 11) is 0. The Kier molecular flexibility index (Phi) is 6.89. The molecule has 0 heterocycles. The van der Waals surface area contributed by atoms with Crippen LogP contribution in [0.15, 0.2) is 18.2 Å². The first kappa shape index (κ1) is 18.0. The van der Waals surface area contributed by atoms with E-state index in [4.69, 9.17) is 4.74 Å². The van der Waals surface area contributed by atoms with Gasteiger partial charge >= 0.3 is 6.09 Å². The summed E-state index contributed by atoms with van der Waals surface area (Å²) in [5.41, 5.74) is 3.04. The molecule has 1 rings (SSSR count). The minimum Gasteiger partial charge on any atom is -0.450 e. The fourth-order valence-electron chi connectivity index (χ4n) is 2.21. The standard InChI is InChI=1S/C17H26N2O3/c1-6-22-17(21)18-10-15(20)19-16-13(11(2)3)8-7-9-14(16)12(4)5/h7-9,11-12H,6,10H2,1-5H3,(H,18,21)(H,19,20). The molecule has 0 saturated heterocycles. The minimum atomic E-state index is -0.584. The summed E-state index contributed by atoms with van der Waals surface area (Å²) in [6.45, 7) is 10.2. The van der Waals surface area contributed by atoms with Crippen LogP contribution in [0.25, 0.3) is 0 Å². The maximum atomic E-state index is 12.1. The van der Waals surface area contributed by atoms with Gasteiger partial charge in [0.2, 0.25) is 5.91 Å². The molecule has 2 amide bonds.